The molecule has 0 bridgehead atoms. The van der Waals surface area contributed by atoms with Crippen LogP contribution in [0.15, 0.2) is 36.4 Å². The molecule has 0 aromatic heterocycles. The minimum Gasteiger partial charge on any atom is -0.491 e. The van der Waals surface area contributed by atoms with E-state index in [2.05, 4.69) is 0 Å². The Hall–Kier alpha value is -3.69. The molecule has 0 N–H and O–H groups in total. The molecule has 2 saturated carbocycles. The summed E-state index contributed by atoms with van der Waals surface area (Å²) >= 11 is 0. The Bertz CT molecular complexity index is 1560. The molecule has 254 valence electrons. The highest BCUT2D eigenvalue weighted by atomic mass is 19.2. The molecule has 0 amide bonds. The van der Waals surface area contributed by atoms with Gasteiger partial charge in [-0.2, -0.15) is 8.78 Å². The first kappa shape index (κ1) is 34.6. The van der Waals surface area contributed by atoms with Gasteiger partial charge in [0.2, 0.25) is 11.6 Å². The second kappa shape index (κ2) is 15.5. The zero-order valence-electron chi connectivity index (χ0n) is 26.7. The first-order valence-corrected chi connectivity index (χ1v) is 16.5. The number of rotatable bonds is 11. The van der Waals surface area contributed by atoms with Crippen molar-refractivity contribution in [1.29, 1.82) is 0 Å². The van der Waals surface area contributed by atoms with Crippen LogP contribution in [-0.2, 0) is 4.74 Å². The Labute approximate surface area is 271 Å². The van der Waals surface area contributed by atoms with Crippen molar-refractivity contribution in [3.63, 3.8) is 0 Å². The van der Waals surface area contributed by atoms with E-state index in [0.717, 1.165) is 12.8 Å². The molecule has 2 fully saturated rings. The lowest BCUT2D eigenvalue weighted by atomic mass is 9.75. The highest BCUT2D eigenvalue weighted by Crippen LogP contribution is 2.43. The molecule has 3 aromatic rings. The van der Waals surface area contributed by atoms with Crippen molar-refractivity contribution >= 4 is 5.97 Å². The Morgan fingerprint density at radius 1 is 0.596 bits per heavy atom. The van der Waals surface area contributed by atoms with Crippen LogP contribution in [0.4, 0.5) is 26.3 Å². The van der Waals surface area contributed by atoms with Crippen molar-refractivity contribution in [2.24, 2.45) is 0 Å². The lowest BCUT2D eigenvalue weighted by molar-refractivity contribution is 0.0188. The smallest absolute Gasteiger partial charge is 0.341 e. The summed E-state index contributed by atoms with van der Waals surface area (Å²) in [5.41, 5.74) is 0.101. The van der Waals surface area contributed by atoms with Gasteiger partial charge in [0.15, 0.2) is 34.8 Å². The van der Waals surface area contributed by atoms with Gasteiger partial charge in [0.05, 0.1) is 18.8 Å². The van der Waals surface area contributed by atoms with E-state index in [0.29, 0.717) is 58.0 Å². The number of esters is 1. The zero-order chi connectivity index (χ0) is 33.7. The Morgan fingerprint density at radius 3 is 1.53 bits per heavy atom. The van der Waals surface area contributed by atoms with Gasteiger partial charge in [-0.05, 0) is 117 Å². The Morgan fingerprint density at radius 2 is 1.04 bits per heavy atom. The number of benzene rings is 3. The standard InChI is InChI=1S/C37H40F6O4/c1-3-5-20-46-30-19-17-27(33(40)36(30)43)23-10-12-24(13-11-23)47-37(44)28-15-14-25(31(38)34(28)41)21-6-8-22(9-7-21)26-16-18-29(45-4-2)35(42)32(26)39/h14-19,21-24H,3-13,20H2,1-2H3. The average Bonchev–Trinajstić information content (AvgIpc) is 3.07. The number of hydrogen-bond acceptors (Lipinski definition) is 4. The van der Waals surface area contributed by atoms with Crippen molar-refractivity contribution in [2.45, 2.75) is 102 Å². The number of carbonyl (C=O) groups is 1. The first-order chi connectivity index (χ1) is 22.6. The highest BCUT2D eigenvalue weighted by molar-refractivity contribution is 5.90. The van der Waals surface area contributed by atoms with Crippen LogP contribution in [0.2, 0.25) is 0 Å². The summed E-state index contributed by atoms with van der Waals surface area (Å²) in [4.78, 5) is 12.9. The first-order valence-electron chi connectivity index (χ1n) is 16.5. The molecule has 3 aromatic carbocycles. The van der Waals surface area contributed by atoms with Gasteiger partial charge in [-0.3, -0.25) is 0 Å². The molecule has 0 heterocycles. The fourth-order valence-corrected chi connectivity index (χ4v) is 6.89. The predicted octanol–water partition coefficient (Wildman–Crippen LogP) is 10.4. The molecule has 2 aliphatic carbocycles. The van der Waals surface area contributed by atoms with Crippen LogP contribution in [0.5, 0.6) is 11.5 Å². The molecule has 5 rings (SSSR count). The lowest BCUT2D eigenvalue weighted by Crippen LogP contribution is -2.25. The summed E-state index contributed by atoms with van der Waals surface area (Å²) in [6, 6.07) is 8.50. The minimum absolute atomic E-state index is 0.119. The van der Waals surface area contributed by atoms with Crippen molar-refractivity contribution in [3.05, 3.63) is 93.6 Å². The number of carbonyl (C=O) groups excluding carboxylic acids is 1. The molecule has 0 saturated heterocycles. The summed E-state index contributed by atoms with van der Waals surface area (Å²) < 4.78 is 105. The highest BCUT2D eigenvalue weighted by Gasteiger charge is 2.32. The third kappa shape index (κ3) is 7.57. The minimum atomic E-state index is -1.29. The normalized spacial score (nSPS) is 21.4. The Kier molecular flexibility index (Phi) is 11.4. The summed E-state index contributed by atoms with van der Waals surface area (Å²) in [5.74, 6) is -8.50. The molecule has 0 aliphatic heterocycles. The second-order valence-electron chi connectivity index (χ2n) is 12.5. The number of halogens is 6. The van der Waals surface area contributed by atoms with Crippen molar-refractivity contribution < 1.29 is 45.3 Å². The third-order valence-electron chi connectivity index (χ3n) is 9.54. The molecular weight excluding hydrogens is 622 g/mol. The fourth-order valence-electron chi connectivity index (χ4n) is 6.89. The van der Waals surface area contributed by atoms with E-state index in [1.807, 2.05) is 6.92 Å². The van der Waals surface area contributed by atoms with E-state index < -0.39 is 52.5 Å². The maximum Gasteiger partial charge on any atom is 0.341 e. The number of ether oxygens (including phenoxy) is 3. The SMILES string of the molecule is CCCCOc1ccc(C2CCC(OC(=O)c3ccc(C4CCC(c5ccc(OCC)c(F)c5F)CC4)c(F)c3F)CC2)c(F)c1F. The maximum atomic E-state index is 15.3. The van der Waals surface area contributed by atoms with E-state index in [4.69, 9.17) is 14.2 Å². The van der Waals surface area contributed by atoms with Gasteiger partial charge >= 0.3 is 5.97 Å². The van der Waals surface area contributed by atoms with Crippen LogP contribution in [-0.4, -0.2) is 25.3 Å². The Balaban J connectivity index is 1.16. The van der Waals surface area contributed by atoms with Gasteiger partial charge in [-0.25, -0.2) is 22.4 Å². The molecule has 2 aliphatic rings. The third-order valence-corrected chi connectivity index (χ3v) is 9.54. The molecule has 0 unspecified atom stereocenters. The van der Waals surface area contributed by atoms with Crippen LogP contribution in [0.25, 0.3) is 0 Å². The molecule has 0 atom stereocenters. The van der Waals surface area contributed by atoms with Crippen molar-refractivity contribution in [1.82, 2.24) is 0 Å². The van der Waals surface area contributed by atoms with Crippen molar-refractivity contribution in [3.8, 4) is 11.5 Å². The van der Waals surface area contributed by atoms with Gasteiger partial charge in [-0.1, -0.05) is 31.5 Å². The topological polar surface area (TPSA) is 44.8 Å². The van der Waals surface area contributed by atoms with Gasteiger partial charge in [0, 0.05) is 0 Å². The van der Waals surface area contributed by atoms with Gasteiger partial charge in [0.25, 0.3) is 0 Å². The molecule has 47 heavy (non-hydrogen) atoms. The summed E-state index contributed by atoms with van der Waals surface area (Å²) in [7, 11) is 0. The summed E-state index contributed by atoms with van der Waals surface area (Å²) in [6.07, 6.45) is 4.36. The van der Waals surface area contributed by atoms with E-state index in [1.165, 1.54) is 36.4 Å². The number of unbranched alkanes of at least 4 members (excludes halogenated alkanes) is 1. The largest absolute Gasteiger partial charge is 0.491 e. The number of hydrogen-bond donors (Lipinski definition) is 0. The van der Waals surface area contributed by atoms with Gasteiger partial charge in [-0.15, -0.1) is 0 Å². The quantitative estimate of drug-likeness (QED) is 0.116. The molecule has 0 radical (unpaired) electrons. The lowest BCUT2D eigenvalue weighted by Gasteiger charge is -2.30. The second-order valence-corrected chi connectivity index (χ2v) is 12.5. The zero-order valence-corrected chi connectivity index (χ0v) is 26.7. The molecule has 10 heteroatoms. The van der Waals surface area contributed by atoms with E-state index in [-0.39, 0.29) is 52.5 Å². The van der Waals surface area contributed by atoms with Crippen LogP contribution >= 0.6 is 0 Å². The molecular formula is C37H40F6O4. The summed E-state index contributed by atoms with van der Waals surface area (Å²) in [6.45, 7) is 4.15. The molecule has 4 nitrogen and oxygen atoms in total. The van der Waals surface area contributed by atoms with E-state index in [9.17, 15) is 22.4 Å². The van der Waals surface area contributed by atoms with Gasteiger partial charge in [0.1, 0.15) is 6.10 Å². The van der Waals surface area contributed by atoms with E-state index in [1.54, 1.807) is 6.92 Å². The van der Waals surface area contributed by atoms with Crippen LogP contribution < -0.4 is 9.47 Å². The van der Waals surface area contributed by atoms with Gasteiger partial charge < -0.3 is 14.2 Å². The average molecular weight is 663 g/mol. The van der Waals surface area contributed by atoms with Crippen LogP contribution in [0.1, 0.15) is 123 Å². The van der Waals surface area contributed by atoms with Crippen molar-refractivity contribution in [2.75, 3.05) is 13.2 Å². The predicted molar refractivity (Wildman–Crippen MR) is 165 cm³/mol. The molecule has 0 spiro atoms. The monoisotopic (exact) mass is 662 g/mol. The fraction of sp³-hybridized carbons (Fsp3) is 0.486. The van der Waals surface area contributed by atoms with E-state index >= 15 is 8.78 Å². The van der Waals surface area contributed by atoms with Crippen LogP contribution in [0.3, 0.4) is 0 Å². The summed E-state index contributed by atoms with van der Waals surface area (Å²) in [5, 5.41) is 0. The van der Waals surface area contributed by atoms with Crippen LogP contribution in [0, 0.1) is 34.9 Å². The maximum absolute atomic E-state index is 15.3.